The number of aromatic amines is 1. The average Bonchev–Trinajstić information content (AvgIpc) is 3.27. The van der Waals surface area contributed by atoms with Crippen molar-refractivity contribution in [3.63, 3.8) is 0 Å². The highest BCUT2D eigenvalue weighted by atomic mass is 32.2. The van der Waals surface area contributed by atoms with E-state index in [9.17, 15) is 17.6 Å². The van der Waals surface area contributed by atoms with Crippen LogP contribution in [-0.4, -0.2) is 46.9 Å². The van der Waals surface area contributed by atoms with Crippen LogP contribution in [0.3, 0.4) is 0 Å². The smallest absolute Gasteiger partial charge is 0.276 e. The molecule has 0 bridgehead atoms. The summed E-state index contributed by atoms with van der Waals surface area (Å²) in [6.07, 6.45) is 4.06. The lowest BCUT2D eigenvalue weighted by atomic mass is 9.94. The molecule has 1 aliphatic heterocycles. The number of benzene rings is 1. The zero-order chi connectivity index (χ0) is 21.1. The lowest BCUT2D eigenvalue weighted by molar-refractivity contribution is 0.102. The number of sulfonamides is 1. The van der Waals surface area contributed by atoms with Gasteiger partial charge in [0.15, 0.2) is 5.69 Å². The van der Waals surface area contributed by atoms with Crippen LogP contribution in [0.25, 0.3) is 0 Å². The van der Waals surface area contributed by atoms with Gasteiger partial charge in [0, 0.05) is 37.1 Å². The largest absolute Gasteiger partial charge is 0.318 e. The van der Waals surface area contributed by atoms with Crippen LogP contribution in [0.15, 0.2) is 59.8 Å². The molecule has 0 aliphatic carbocycles. The first-order valence-corrected chi connectivity index (χ1v) is 10.9. The van der Waals surface area contributed by atoms with Gasteiger partial charge >= 0.3 is 0 Å². The van der Waals surface area contributed by atoms with Crippen molar-refractivity contribution in [2.24, 2.45) is 0 Å². The van der Waals surface area contributed by atoms with E-state index in [0.717, 1.165) is 5.69 Å². The first-order chi connectivity index (χ1) is 14.4. The second kappa shape index (κ2) is 8.33. The Morgan fingerprint density at radius 3 is 2.63 bits per heavy atom. The van der Waals surface area contributed by atoms with E-state index in [2.05, 4.69) is 20.5 Å². The normalized spacial score (nSPS) is 15.8. The maximum Gasteiger partial charge on any atom is 0.276 e. The van der Waals surface area contributed by atoms with Gasteiger partial charge in [-0.15, -0.1) is 0 Å². The summed E-state index contributed by atoms with van der Waals surface area (Å²) in [4.78, 5) is 16.4. The third-order valence-corrected chi connectivity index (χ3v) is 7.00. The van der Waals surface area contributed by atoms with Crippen molar-refractivity contribution in [2.45, 2.75) is 23.7 Å². The molecule has 4 rings (SSSR count). The quantitative estimate of drug-likeness (QED) is 0.648. The van der Waals surface area contributed by atoms with Gasteiger partial charge in [0.25, 0.3) is 5.91 Å². The van der Waals surface area contributed by atoms with Crippen molar-refractivity contribution in [3.05, 3.63) is 72.1 Å². The fourth-order valence-corrected chi connectivity index (χ4v) is 4.90. The predicted octanol–water partition coefficient (Wildman–Crippen LogP) is 2.76. The van der Waals surface area contributed by atoms with Crippen LogP contribution < -0.4 is 5.32 Å². The van der Waals surface area contributed by atoms with Gasteiger partial charge < -0.3 is 5.32 Å². The Hall–Kier alpha value is -3.11. The second-order valence-electron chi connectivity index (χ2n) is 7.01. The highest BCUT2D eigenvalue weighted by molar-refractivity contribution is 7.89. The number of pyridine rings is 1. The molecule has 0 spiro atoms. The molecule has 1 aromatic carbocycles. The summed E-state index contributed by atoms with van der Waals surface area (Å²) >= 11 is 0. The summed E-state index contributed by atoms with van der Waals surface area (Å²) in [5.41, 5.74) is 0.992. The standard InChI is InChI=1S/C20H20FN5O3S/c21-16-5-1-2-6-17(16)23-20(27)19-12-18(24-25-19)14-7-10-26(11-8-14)30(28,29)15-4-3-9-22-13-15/h1-6,9,12-14H,7-8,10-11H2,(H,23,27)(H,24,25). The Balaban J connectivity index is 1.40. The van der Waals surface area contributed by atoms with Gasteiger partial charge in [-0.2, -0.15) is 9.40 Å². The molecule has 3 heterocycles. The molecule has 8 nitrogen and oxygen atoms in total. The first-order valence-electron chi connectivity index (χ1n) is 9.46. The van der Waals surface area contributed by atoms with Gasteiger partial charge in [0.1, 0.15) is 10.7 Å². The fourth-order valence-electron chi connectivity index (χ4n) is 3.47. The molecule has 2 aromatic heterocycles. The Kier molecular flexibility index (Phi) is 5.60. The number of hydrogen-bond acceptors (Lipinski definition) is 5. The molecule has 2 N–H and O–H groups in total. The van der Waals surface area contributed by atoms with E-state index in [1.807, 2.05) is 0 Å². The Morgan fingerprint density at radius 1 is 1.17 bits per heavy atom. The zero-order valence-electron chi connectivity index (χ0n) is 16.0. The molecular weight excluding hydrogens is 409 g/mol. The Labute approximate surface area is 173 Å². The van der Waals surface area contributed by atoms with Crippen LogP contribution in [0.1, 0.15) is 34.9 Å². The molecule has 156 valence electrons. The number of anilines is 1. The van der Waals surface area contributed by atoms with Crippen molar-refractivity contribution < 1.29 is 17.6 Å². The van der Waals surface area contributed by atoms with Crippen molar-refractivity contribution in [2.75, 3.05) is 18.4 Å². The summed E-state index contributed by atoms with van der Waals surface area (Å²) in [6, 6.07) is 10.7. The zero-order valence-corrected chi connectivity index (χ0v) is 16.8. The van der Waals surface area contributed by atoms with Gasteiger partial charge in [0.05, 0.1) is 5.69 Å². The minimum atomic E-state index is -3.57. The van der Waals surface area contributed by atoms with E-state index in [0.29, 0.717) is 25.9 Å². The van der Waals surface area contributed by atoms with Crippen LogP contribution in [0, 0.1) is 5.82 Å². The lowest BCUT2D eigenvalue weighted by Crippen LogP contribution is -2.38. The molecule has 3 aromatic rings. The molecule has 0 unspecified atom stereocenters. The Bertz CT molecular complexity index is 1140. The number of amides is 1. The van der Waals surface area contributed by atoms with E-state index in [1.54, 1.807) is 24.3 Å². The van der Waals surface area contributed by atoms with Crippen molar-refractivity contribution >= 4 is 21.6 Å². The maximum atomic E-state index is 13.7. The minimum Gasteiger partial charge on any atom is -0.318 e. The monoisotopic (exact) mass is 429 g/mol. The van der Waals surface area contributed by atoms with Gasteiger partial charge in [0.2, 0.25) is 10.0 Å². The van der Waals surface area contributed by atoms with Gasteiger partial charge in [-0.3, -0.25) is 14.9 Å². The highest BCUT2D eigenvalue weighted by Crippen LogP contribution is 2.30. The molecule has 1 fully saturated rings. The minimum absolute atomic E-state index is 0.0489. The number of hydrogen-bond donors (Lipinski definition) is 2. The number of para-hydroxylation sites is 1. The topological polar surface area (TPSA) is 108 Å². The maximum absolute atomic E-state index is 13.7. The summed E-state index contributed by atoms with van der Waals surface area (Å²) in [5.74, 6) is -0.990. The highest BCUT2D eigenvalue weighted by Gasteiger charge is 2.31. The number of halogens is 1. The molecular formula is C20H20FN5O3S. The number of aromatic nitrogens is 3. The van der Waals surface area contributed by atoms with E-state index >= 15 is 0 Å². The van der Waals surface area contributed by atoms with Crippen LogP contribution in [-0.2, 0) is 10.0 Å². The number of rotatable bonds is 5. The van der Waals surface area contributed by atoms with E-state index in [1.165, 1.54) is 34.9 Å². The molecule has 0 atom stereocenters. The van der Waals surface area contributed by atoms with Crippen LogP contribution in [0.4, 0.5) is 10.1 Å². The third-order valence-electron chi connectivity index (χ3n) is 5.12. The van der Waals surface area contributed by atoms with Gasteiger partial charge in [-0.25, -0.2) is 12.8 Å². The van der Waals surface area contributed by atoms with Crippen molar-refractivity contribution in [1.29, 1.82) is 0 Å². The van der Waals surface area contributed by atoms with Crippen LogP contribution in [0.2, 0.25) is 0 Å². The molecule has 0 radical (unpaired) electrons. The predicted molar refractivity (Wildman–Crippen MR) is 108 cm³/mol. The number of carbonyl (C=O) groups is 1. The molecule has 0 saturated carbocycles. The summed E-state index contributed by atoms with van der Waals surface area (Å²) in [7, 11) is -3.57. The number of piperidine rings is 1. The number of nitrogens with zero attached hydrogens (tertiary/aromatic N) is 3. The van der Waals surface area contributed by atoms with Crippen molar-refractivity contribution in [3.8, 4) is 0 Å². The van der Waals surface area contributed by atoms with E-state index in [-0.39, 0.29) is 22.2 Å². The van der Waals surface area contributed by atoms with Gasteiger partial charge in [-0.1, -0.05) is 12.1 Å². The van der Waals surface area contributed by atoms with Crippen LogP contribution >= 0.6 is 0 Å². The fraction of sp³-hybridized carbons (Fsp3) is 0.250. The molecule has 1 aliphatic rings. The summed E-state index contributed by atoms with van der Waals surface area (Å²) in [5, 5.41) is 9.39. The molecule has 30 heavy (non-hydrogen) atoms. The van der Waals surface area contributed by atoms with Crippen LogP contribution in [0.5, 0.6) is 0 Å². The Morgan fingerprint density at radius 2 is 1.93 bits per heavy atom. The summed E-state index contributed by atoms with van der Waals surface area (Å²) in [6.45, 7) is 0.718. The third kappa shape index (κ3) is 4.10. The lowest BCUT2D eigenvalue weighted by Gasteiger charge is -2.30. The number of H-pyrrole nitrogens is 1. The number of nitrogens with one attached hydrogen (secondary N) is 2. The molecule has 1 saturated heterocycles. The molecule has 10 heteroatoms. The second-order valence-corrected chi connectivity index (χ2v) is 8.95. The first kappa shape index (κ1) is 20.2. The van der Waals surface area contributed by atoms with Crippen molar-refractivity contribution in [1.82, 2.24) is 19.5 Å². The number of carbonyl (C=O) groups excluding carboxylic acids is 1. The van der Waals surface area contributed by atoms with Gasteiger partial charge in [-0.05, 0) is 43.2 Å². The summed E-state index contributed by atoms with van der Waals surface area (Å²) < 4.78 is 40.6. The van der Waals surface area contributed by atoms with E-state index < -0.39 is 21.7 Å². The average molecular weight is 429 g/mol. The molecule has 1 amide bonds. The van der Waals surface area contributed by atoms with E-state index in [4.69, 9.17) is 0 Å². The SMILES string of the molecule is O=C(Nc1ccccc1F)c1cc(C2CCN(S(=O)(=O)c3cccnc3)CC2)[nH]n1.